The first kappa shape index (κ1) is 15.1. The standard InChI is InChI=1S/C16H14ClNO3/c1-11-2-4-15(12(8-11)3-5-16(19)20)21-10-13-6-7-18-9-14(13)17/h2-9H,10H2,1H3,(H,19,20). The van der Waals surface area contributed by atoms with E-state index in [0.717, 1.165) is 17.2 Å². The molecule has 21 heavy (non-hydrogen) atoms. The van der Waals surface area contributed by atoms with Gasteiger partial charge in [-0.3, -0.25) is 4.98 Å². The van der Waals surface area contributed by atoms with Crippen molar-refractivity contribution in [2.45, 2.75) is 13.5 Å². The smallest absolute Gasteiger partial charge is 0.328 e. The third kappa shape index (κ3) is 4.33. The molecule has 4 nitrogen and oxygen atoms in total. The predicted molar refractivity (Wildman–Crippen MR) is 81.4 cm³/mol. The molecule has 0 amide bonds. The Morgan fingerprint density at radius 2 is 2.24 bits per heavy atom. The molecule has 1 N–H and O–H groups in total. The zero-order chi connectivity index (χ0) is 15.2. The molecule has 1 heterocycles. The Morgan fingerprint density at radius 1 is 1.43 bits per heavy atom. The number of carbonyl (C=O) groups is 1. The third-order valence-electron chi connectivity index (χ3n) is 2.81. The first-order chi connectivity index (χ1) is 10.1. The summed E-state index contributed by atoms with van der Waals surface area (Å²) in [5.74, 6) is -0.398. The van der Waals surface area contributed by atoms with Crippen LogP contribution in [0, 0.1) is 6.92 Å². The molecule has 0 bridgehead atoms. The fraction of sp³-hybridized carbons (Fsp3) is 0.125. The summed E-state index contributed by atoms with van der Waals surface area (Å²) < 4.78 is 5.73. The van der Waals surface area contributed by atoms with Gasteiger partial charge < -0.3 is 9.84 Å². The van der Waals surface area contributed by atoms with Crippen molar-refractivity contribution < 1.29 is 14.6 Å². The van der Waals surface area contributed by atoms with Gasteiger partial charge in [-0.15, -0.1) is 0 Å². The Morgan fingerprint density at radius 3 is 2.95 bits per heavy atom. The van der Waals surface area contributed by atoms with Crippen molar-refractivity contribution in [2.24, 2.45) is 0 Å². The summed E-state index contributed by atoms with van der Waals surface area (Å²) in [5.41, 5.74) is 2.55. The number of hydrogen-bond donors (Lipinski definition) is 1. The minimum Gasteiger partial charge on any atom is -0.488 e. The van der Waals surface area contributed by atoms with E-state index in [0.29, 0.717) is 22.9 Å². The largest absolute Gasteiger partial charge is 0.488 e. The van der Waals surface area contributed by atoms with Crippen molar-refractivity contribution in [2.75, 3.05) is 0 Å². The van der Waals surface area contributed by atoms with Crippen LogP contribution in [0.4, 0.5) is 0 Å². The maximum Gasteiger partial charge on any atom is 0.328 e. The second kappa shape index (κ2) is 6.90. The van der Waals surface area contributed by atoms with Gasteiger partial charge in [-0.25, -0.2) is 4.79 Å². The fourth-order valence-corrected chi connectivity index (χ4v) is 1.94. The van der Waals surface area contributed by atoms with E-state index in [-0.39, 0.29) is 0 Å². The van der Waals surface area contributed by atoms with E-state index >= 15 is 0 Å². The summed E-state index contributed by atoms with van der Waals surface area (Å²) >= 11 is 6.02. The number of aliphatic carboxylic acids is 1. The summed E-state index contributed by atoms with van der Waals surface area (Å²) in [7, 11) is 0. The average molecular weight is 304 g/mol. The highest BCUT2D eigenvalue weighted by atomic mass is 35.5. The first-order valence-electron chi connectivity index (χ1n) is 6.29. The third-order valence-corrected chi connectivity index (χ3v) is 3.15. The van der Waals surface area contributed by atoms with E-state index in [1.807, 2.05) is 25.1 Å². The van der Waals surface area contributed by atoms with Crippen LogP contribution in [0.3, 0.4) is 0 Å². The van der Waals surface area contributed by atoms with Crippen molar-refractivity contribution in [3.8, 4) is 5.75 Å². The first-order valence-corrected chi connectivity index (χ1v) is 6.67. The molecular formula is C16H14ClNO3. The molecule has 108 valence electrons. The van der Waals surface area contributed by atoms with Gasteiger partial charge >= 0.3 is 5.97 Å². The van der Waals surface area contributed by atoms with Crippen molar-refractivity contribution in [3.05, 3.63) is 64.4 Å². The van der Waals surface area contributed by atoms with Crippen LogP contribution in [-0.2, 0) is 11.4 Å². The molecule has 2 rings (SSSR count). The lowest BCUT2D eigenvalue weighted by atomic mass is 10.1. The van der Waals surface area contributed by atoms with Crippen LogP contribution in [0.15, 0.2) is 42.7 Å². The topological polar surface area (TPSA) is 59.4 Å². The average Bonchev–Trinajstić information content (AvgIpc) is 2.45. The van der Waals surface area contributed by atoms with Gasteiger partial charge in [0.25, 0.3) is 0 Å². The zero-order valence-electron chi connectivity index (χ0n) is 11.4. The summed E-state index contributed by atoms with van der Waals surface area (Å²) in [6.07, 6.45) is 5.80. The normalized spacial score (nSPS) is 10.8. The molecule has 0 radical (unpaired) electrons. The molecule has 0 unspecified atom stereocenters. The molecule has 0 fully saturated rings. The number of ether oxygens (including phenoxy) is 1. The molecule has 5 heteroatoms. The van der Waals surface area contributed by atoms with E-state index in [1.54, 1.807) is 18.5 Å². The van der Waals surface area contributed by atoms with Crippen LogP contribution < -0.4 is 4.74 Å². The maximum atomic E-state index is 10.6. The lowest BCUT2D eigenvalue weighted by Crippen LogP contribution is -1.98. The van der Waals surface area contributed by atoms with Crippen LogP contribution in [0.2, 0.25) is 5.02 Å². The van der Waals surface area contributed by atoms with Crippen molar-refractivity contribution in [3.63, 3.8) is 0 Å². The Kier molecular flexibility index (Phi) is 4.95. The second-order valence-corrected chi connectivity index (χ2v) is 4.88. The molecule has 1 aromatic carbocycles. The summed E-state index contributed by atoms with van der Waals surface area (Å²) in [5, 5.41) is 9.26. The minimum absolute atomic E-state index is 0.290. The van der Waals surface area contributed by atoms with E-state index < -0.39 is 5.97 Å². The molecule has 0 saturated heterocycles. The minimum atomic E-state index is -1.00. The molecular weight excluding hydrogens is 290 g/mol. The molecule has 1 aromatic heterocycles. The Hall–Kier alpha value is -2.33. The van der Waals surface area contributed by atoms with Gasteiger partial charge in [-0.1, -0.05) is 23.2 Å². The Bertz CT molecular complexity index is 683. The number of hydrogen-bond acceptors (Lipinski definition) is 3. The number of aromatic nitrogens is 1. The SMILES string of the molecule is Cc1ccc(OCc2ccncc2Cl)c(C=CC(=O)O)c1. The van der Waals surface area contributed by atoms with Gasteiger partial charge in [0.15, 0.2) is 0 Å². The highest BCUT2D eigenvalue weighted by Gasteiger charge is 2.05. The fourth-order valence-electron chi connectivity index (χ4n) is 1.77. The molecule has 0 aliphatic heterocycles. The summed E-state index contributed by atoms with van der Waals surface area (Å²) in [6.45, 7) is 2.22. The molecule has 0 aliphatic rings. The van der Waals surface area contributed by atoms with Crippen LogP contribution in [-0.4, -0.2) is 16.1 Å². The second-order valence-electron chi connectivity index (χ2n) is 4.47. The van der Waals surface area contributed by atoms with Crippen LogP contribution in [0.5, 0.6) is 5.75 Å². The summed E-state index contributed by atoms with van der Waals surface area (Å²) in [6, 6.07) is 7.36. The quantitative estimate of drug-likeness (QED) is 0.855. The van der Waals surface area contributed by atoms with Crippen molar-refractivity contribution in [1.82, 2.24) is 4.98 Å². The van der Waals surface area contributed by atoms with Crippen LogP contribution in [0.1, 0.15) is 16.7 Å². The van der Waals surface area contributed by atoms with Crippen molar-refractivity contribution >= 4 is 23.6 Å². The molecule has 0 spiro atoms. The number of carboxylic acids is 1. The van der Waals surface area contributed by atoms with Gasteiger partial charge in [0.05, 0.1) is 5.02 Å². The number of benzene rings is 1. The van der Waals surface area contributed by atoms with E-state index in [1.165, 1.54) is 6.08 Å². The number of nitrogens with zero attached hydrogens (tertiary/aromatic N) is 1. The predicted octanol–water partition coefficient (Wildman–Crippen LogP) is 3.72. The van der Waals surface area contributed by atoms with Gasteiger partial charge in [-0.2, -0.15) is 0 Å². The molecule has 0 aliphatic carbocycles. The number of aryl methyl sites for hydroxylation is 1. The number of carboxylic acid groups (broad SMARTS) is 1. The van der Waals surface area contributed by atoms with Gasteiger partial charge in [0.2, 0.25) is 0 Å². The molecule has 0 saturated carbocycles. The zero-order valence-corrected chi connectivity index (χ0v) is 12.2. The van der Waals surface area contributed by atoms with Gasteiger partial charge in [0, 0.05) is 29.6 Å². The number of pyridine rings is 1. The Labute approximate surface area is 127 Å². The molecule has 2 aromatic rings. The number of rotatable bonds is 5. The molecule has 0 atom stereocenters. The van der Waals surface area contributed by atoms with E-state index in [9.17, 15) is 4.79 Å². The monoisotopic (exact) mass is 303 g/mol. The Balaban J connectivity index is 2.20. The van der Waals surface area contributed by atoms with Crippen LogP contribution in [0.25, 0.3) is 6.08 Å². The van der Waals surface area contributed by atoms with Crippen molar-refractivity contribution in [1.29, 1.82) is 0 Å². The van der Waals surface area contributed by atoms with Crippen LogP contribution >= 0.6 is 11.6 Å². The van der Waals surface area contributed by atoms with E-state index in [4.69, 9.17) is 21.4 Å². The lowest BCUT2D eigenvalue weighted by Gasteiger charge is -2.11. The highest BCUT2D eigenvalue weighted by Crippen LogP contribution is 2.24. The number of halogens is 1. The van der Waals surface area contributed by atoms with E-state index in [2.05, 4.69) is 4.98 Å². The highest BCUT2D eigenvalue weighted by molar-refractivity contribution is 6.31. The van der Waals surface area contributed by atoms with Gasteiger partial charge in [-0.05, 0) is 31.2 Å². The lowest BCUT2D eigenvalue weighted by molar-refractivity contribution is -0.131. The maximum absolute atomic E-state index is 10.6. The summed E-state index contributed by atoms with van der Waals surface area (Å²) in [4.78, 5) is 14.6. The van der Waals surface area contributed by atoms with Gasteiger partial charge in [0.1, 0.15) is 12.4 Å².